The number of ketones is 1. The standard InChI is InChI=1S/C35H33ClNO6P/c1-24(38)30(33(39)37-23-25-15-13-14-22-29(25)36)31(34(40)42-2)32(35(41)43-3)44(26-16-7-4-8-17-26,27-18-9-5-10-19-27)28-20-11-6-12-21-28/h4-22,30-31H,23H2,1-3H3,(H,37,39)/t30-,31+/m1/s1. The van der Waals surface area contributed by atoms with Gasteiger partial charge in [-0.1, -0.05) is 121 Å². The van der Waals surface area contributed by atoms with Crippen LogP contribution in [-0.2, 0) is 35.2 Å². The molecule has 0 saturated carbocycles. The highest BCUT2D eigenvalue weighted by Gasteiger charge is 2.48. The number of Topliss-reactive ketones (excluding diaryl/α,β-unsaturated/α-hetero) is 1. The third kappa shape index (κ3) is 6.54. The van der Waals surface area contributed by atoms with Crippen LogP contribution in [0, 0.1) is 11.8 Å². The molecule has 0 unspecified atom stereocenters. The van der Waals surface area contributed by atoms with Crippen molar-refractivity contribution in [3.05, 3.63) is 126 Å². The lowest BCUT2D eigenvalue weighted by molar-refractivity contribution is -0.151. The van der Waals surface area contributed by atoms with Gasteiger partial charge in [0.25, 0.3) is 0 Å². The van der Waals surface area contributed by atoms with E-state index in [1.807, 2.05) is 91.0 Å². The van der Waals surface area contributed by atoms with Crippen molar-refractivity contribution in [2.24, 2.45) is 11.8 Å². The average Bonchev–Trinajstić information content (AvgIpc) is 3.06. The zero-order chi connectivity index (χ0) is 31.7. The smallest absolute Gasteiger partial charge is 0.335 e. The Morgan fingerprint density at radius 1 is 0.682 bits per heavy atom. The highest BCUT2D eigenvalue weighted by molar-refractivity contribution is 7.96. The van der Waals surface area contributed by atoms with Crippen LogP contribution in [0.2, 0.25) is 5.02 Å². The summed E-state index contributed by atoms with van der Waals surface area (Å²) >= 11 is 6.31. The lowest BCUT2D eigenvalue weighted by atomic mass is 9.85. The molecule has 0 aliphatic carbocycles. The third-order valence-electron chi connectivity index (χ3n) is 7.40. The quantitative estimate of drug-likeness (QED) is 0.151. The molecule has 4 rings (SSSR count). The van der Waals surface area contributed by atoms with Gasteiger partial charge >= 0.3 is 11.9 Å². The highest BCUT2D eigenvalue weighted by Crippen LogP contribution is 2.49. The van der Waals surface area contributed by atoms with Crippen LogP contribution in [0.1, 0.15) is 12.5 Å². The molecule has 0 aromatic heterocycles. The normalized spacial score (nSPS) is 12.4. The minimum atomic E-state index is -3.29. The van der Waals surface area contributed by atoms with Gasteiger partial charge in [0.1, 0.15) is 17.6 Å². The summed E-state index contributed by atoms with van der Waals surface area (Å²) in [6, 6.07) is 34.9. The molecule has 7 nitrogen and oxygen atoms in total. The lowest BCUT2D eigenvalue weighted by Gasteiger charge is -2.35. The summed E-state index contributed by atoms with van der Waals surface area (Å²) in [5.74, 6) is -6.34. The third-order valence-corrected chi connectivity index (χ3v) is 12.2. The monoisotopic (exact) mass is 629 g/mol. The van der Waals surface area contributed by atoms with E-state index in [0.29, 0.717) is 10.6 Å². The number of methoxy groups -OCH3 is 2. The average molecular weight is 630 g/mol. The maximum Gasteiger partial charge on any atom is 0.335 e. The van der Waals surface area contributed by atoms with Crippen molar-refractivity contribution in [3.63, 3.8) is 0 Å². The molecule has 9 heteroatoms. The van der Waals surface area contributed by atoms with Gasteiger partial charge < -0.3 is 14.8 Å². The number of amides is 1. The van der Waals surface area contributed by atoms with E-state index in [4.69, 9.17) is 21.1 Å². The molecule has 1 amide bonds. The van der Waals surface area contributed by atoms with Gasteiger partial charge in [0, 0.05) is 11.6 Å². The summed E-state index contributed by atoms with van der Waals surface area (Å²) in [6.07, 6.45) is 0. The van der Waals surface area contributed by atoms with Crippen molar-refractivity contribution in [2.45, 2.75) is 13.5 Å². The Hall–Kier alpha value is -4.45. The fourth-order valence-electron chi connectivity index (χ4n) is 5.43. The van der Waals surface area contributed by atoms with E-state index in [1.54, 1.807) is 24.3 Å². The summed E-state index contributed by atoms with van der Waals surface area (Å²) in [7, 11) is 2.38. The Labute approximate surface area is 262 Å². The van der Waals surface area contributed by atoms with Crippen LogP contribution in [-0.4, -0.2) is 43.1 Å². The second-order valence-corrected chi connectivity index (χ2v) is 13.7. The molecule has 0 radical (unpaired) electrons. The van der Waals surface area contributed by atoms with E-state index in [9.17, 15) is 19.2 Å². The van der Waals surface area contributed by atoms with Crippen molar-refractivity contribution >= 4 is 63.3 Å². The summed E-state index contributed by atoms with van der Waals surface area (Å²) in [4.78, 5) is 55.5. The van der Waals surface area contributed by atoms with Crippen molar-refractivity contribution in [1.29, 1.82) is 0 Å². The van der Waals surface area contributed by atoms with Crippen LogP contribution in [0.4, 0.5) is 0 Å². The minimum Gasteiger partial charge on any atom is -0.469 e. The molecule has 2 atom stereocenters. The maximum atomic E-state index is 14.2. The molecule has 4 aromatic rings. The van der Waals surface area contributed by atoms with Crippen molar-refractivity contribution in [2.75, 3.05) is 14.2 Å². The number of ether oxygens (including phenoxy) is 2. The first-order valence-electron chi connectivity index (χ1n) is 13.9. The number of hydrogen-bond donors (Lipinski definition) is 1. The van der Waals surface area contributed by atoms with E-state index in [0.717, 1.165) is 23.0 Å². The Morgan fingerprint density at radius 3 is 1.55 bits per heavy atom. The number of benzene rings is 4. The molecule has 0 aliphatic heterocycles. The Balaban J connectivity index is 2.13. The Morgan fingerprint density at radius 2 is 1.14 bits per heavy atom. The molecule has 0 spiro atoms. The van der Waals surface area contributed by atoms with Gasteiger partial charge in [-0.25, -0.2) is 4.79 Å². The van der Waals surface area contributed by atoms with Crippen LogP contribution < -0.4 is 21.2 Å². The topological polar surface area (TPSA) is 98.8 Å². The van der Waals surface area contributed by atoms with Crippen molar-refractivity contribution in [3.8, 4) is 0 Å². The summed E-state index contributed by atoms with van der Waals surface area (Å²) in [5, 5.41) is 5.35. The zero-order valence-electron chi connectivity index (χ0n) is 24.6. The maximum absolute atomic E-state index is 14.2. The number of esters is 2. The second-order valence-electron chi connectivity index (χ2n) is 9.95. The number of rotatable bonds is 11. The van der Waals surface area contributed by atoms with E-state index in [1.165, 1.54) is 14.0 Å². The fourth-order valence-corrected chi connectivity index (χ4v) is 10.3. The van der Waals surface area contributed by atoms with Crippen LogP contribution >= 0.6 is 18.5 Å². The first-order valence-corrected chi connectivity index (χ1v) is 16.0. The molecular weight excluding hydrogens is 597 g/mol. The molecule has 0 aliphatic rings. The Bertz CT molecular complexity index is 1590. The van der Waals surface area contributed by atoms with Gasteiger partial charge in [-0.3, -0.25) is 14.4 Å². The van der Waals surface area contributed by atoms with Gasteiger partial charge in [0.2, 0.25) is 5.91 Å². The number of hydrogen-bond acceptors (Lipinski definition) is 6. The van der Waals surface area contributed by atoms with Crippen molar-refractivity contribution in [1.82, 2.24) is 5.32 Å². The van der Waals surface area contributed by atoms with Crippen molar-refractivity contribution < 1.29 is 28.7 Å². The predicted molar refractivity (Wildman–Crippen MR) is 175 cm³/mol. The molecule has 226 valence electrons. The SMILES string of the molecule is COC(=O)C([C@@H](C(=O)OC)[C@@H](C(C)=O)C(=O)NCc1ccccc1Cl)=P(c1ccccc1)(c1ccccc1)c1ccccc1. The minimum absolute atomic E-state index is 0.0000777. The van der Waals surface area contributed by atoms with E-state index in [2.05, 4.69) is 5.32 Å². The van der Waals surface area contributed by atoms with E-state index in [-0.39, 0.29) is 11.8 Å². The van der Waals surface area contributed by atoms with Crippen LogP contribution in [0.3, 0.4) is 0 Å². The summed E-state index contributed by atoms with van der Waals surface area (Å²) in [5.41, 5.74) is 0.622. The summed E-state index contributed by atoms with van der Waals surface area (Å²) in [6.45, 7) is -2.07. The lowest BCUT2D eigenvalue weighted by Crippen LogP contribution is -2.49. The van der Waals surface area contributed by atoms with Gasteiger partial charge in [-0.15, -0.1) is 0 Å². The molecule has 4 aromatic carbocycles. The molecule has 1 N–H and O–H groups in total. The van der Waals surface area contributed by atoms with Gasteiger partial charge in [-0.2, -0.15) is 0 Å². The molecule has 0 saturated heterocycles. The van der Waals surface area contributed by atoms with E-state index >= 15 is 0 Å². The van der Waals surface area contributed by atoms with Gasteiger partial charge in [-0.05, 0) is 41.4 Å². The summed E-state index contributed by atoms with van der Waals surface area (Å²) < 4.78 is 10.6. The van der Waals surface area contributed by atoms with Gasteiger partial charge in [0.05, 0.1) is 19.5 Å². The fraction of sp³-hybridized carbons (Fsp3) is 0.171. The molecular formula is C35H33ClNO6P. The first kappa shape index (κ1) is 32.5. The Kier molecular flexibility index (Phi) is 10.9. The van der Waals surface area contributed by atoms with Crippen LogP contribution in [0.15, 0.2) is 115 Å². The highest BCUT2D eigenvalue weighted by atomic mass is 35.5. The number of carbonyl (C=O) groups is 4. The van der Waals surface area contributed by atoms with Gasteiger partial charge in [0.15, 0.2) is 0 Å². The molecule has 0 bridgehead atoms. The zero-order valence-corrected chi connectivity index (χ0v) is 26.3. The largest absolute Gasteiger partial charge is 0.469 e. The number of carbonyl (C=O) groups excluding carboxylic acids is 4. The van der Waals surface area contributed by atoms with E-state index < -0.39 is 42.4 Å². The van der Waals surface area contributed by atoms with Crippen LogP contribution in [0.5, 0.6) is 0 Å². The molecule has 44 heavy (non-hydrogen) atoms. The molecule has 0 fully saturated rings. The second kappa shape index (κ2) is 14.8. The first-order chi connectivity index (χ1) is 21.3. The van der Waals surface area contributed by atoms with Crippen LogP contribution in [0.25, 0.3) is 0 Å². The number of nitrogens with one attached hydrogen (secondary N) is 1. The molecule has 0 heterocycles. The number of halogens is 1. The predicted octanol–water partition coefficient (Wildman–Crippen LogP) is 4.29.